The van der Waals surface area contributed by atoms with E-state index in [2.05, 4.69) is 15.2 Å². The molecule has 0 radical (unpaired) electrons. The van der Waals surface area contributed by atoms with Gasteiger partial charge in [-0.15, -0.1) is 0 Å². The van der Waals surface area contributed by atoms with Gasteiger partial charge in [-0.05, 0) is 38.8 Å². The first kappa shape index (κ1) is 15.6. The summed E-state index contributed by atoms with van der Waals surface area (Å²) in [5.41, 5.74) is 2.20. The highest BCUT2D eigenvalue weighted by Crippen LogP contribution is 2.33. The van der Waals surface area contributed by atoms with Crippen molar-refractivity contribution in [2.75, 3.05) is 6.54 Å². The molecule has 0 aromatic carbocycles. The number of carbonyl (C=O) groups excluding carboxylic acids is 1. The Morgan fingerprint density at radius 3 is 2.92 bits per heavy atom. The van der Waals surface area contributed by atoms with Crippen LogP contribution < -0.4 is 0 Å². The van der Waals surface area contributed by atoms with E-state index < -0.39 is 0 Å². The van der Waals surface area contributed by atoms with Gasteiger partial charge in [-0.1, -0.05) is 11.2 Å². The van der Waals surface area contributed by atoms with Crippen LogP contribution in [0, 0.1) is 13.8 Å². The van der Waals surface area contributed by atoms with Crippen LogP contribution in [0.2, 0.25) is 0 Å². The van der Waals surface area contributed by atoms with Crippen LogP contribution >= 0.6 is 0 Å². The van der Waals surface area contributed by atoms with Crippen LogP contribution in [0.4, 0.5) is 0 Å². The van der Waals surface area contributed by atoms with Crippen LogP contribution in [0.15, 0.2) is 41.2 Å². The number of rotatable bonds is 3. The summed E-state index contributed by atoms with van der Waals surface area (Å²) in [5.74, 6) is 1.43. The highest BCUT2D eigenvalue weighted by molar-refractivity contribution is 5.95. The molecule has 3 aromatic heterocycles. The molecule has 4 heterocycles. The minimum atomic E-state index is -0.0393. The van der Waals surface area contributed by atoms with E-state index in [-0.39, 0.29) is 11.9 Å². The van der Waals surface area contributed by atoms with Crippen LogP contribution in [0.3, 0.4) is 0 Å². The fourth-order valence-corrected chi connectivity index (χ4v) is 3.34. The van der Waals surface area contributed by atoms with E-state index in [4.69, 9.17) is 4.52 Å². The summed E-state index contributed by atoms with van der Waals surface area (Å²) in [6.07, 6.45) is 5.18. The molecule has 7 heteroatoms. The number of nitrogens with zero attached hydrogens (tertiary/aromatic N) is 5. The van der Waals surface area contributed by atoms with E-state index in [1.807, 2.05) is 43.0 Å². The second kappa shape index (κ2) is 6.16. The Morgan fingerprint density at radius 1 is 1.32 bits per heavy atom. The zero-order valence-corrected chi connectivity index (χ0v) is 14.2. The number of carbonyl (C=O) groups is 1. The van der Waals surface area contributed by atoms with Gasteiger partial charge in [0.1, 0.15) is 11.5 Å². The van der Waals surface area contributed by atoms with Gasteiger partial charge in [0.05, 0.1) is 23.5 Å². The van der Waals surface area contributed by atoms with Crippen molar-refractivity contribution in [3.05, 3.63) is 59.4 Å². The molecule has 1 amide bonds. The number of aryl methyl sites for hydroxylation is 1. The van der Waals surface area contributed by atoms with Crippen LogP contribution in [0.25, 0.3) is 5.82 Å². The molecule has 1 saturated heterocycles. The topological polar surface area (TPSA) is 77.1 Å². The average molecular weight is 337 g/mol. The highest BCUT2D eigenvalue weighted by atomic mass is 16.5. The normalized spacial score (nSPS) is 17.2. The second-order valence-corrected chi connectivity index (χ2v) is 6.26. The maximum Gasteiger partial charge on any atom is 0.257 e. The fourth-order valence-electron chi connectivity index (χ4n) is 3.34. The molecule has 1 fully saturated rings. The maximum atomic E-state index is 13.1. The Hall–Kier alpha value is -2.96. The molecular weight excluding hydrogens is 318 g/mol. The van der Waals surface area contributed by atoms with Crippen molar-refractivity contribution < 1.29 is 9.32 Å². The van der Waals surface area contributed by atoms with Crippen molar-refractivity contribution in [2.24, 2.45) is 0 Å². The average Bonchev–Trinajstić information content (AvgIpc) is 3.34. The van der Waals surface area contributed by atoms with Gasteiger partial charge in [-0.25, -0.2) is 9.67 Å². The molecule has 0 N–H and O–H groups in total. The van der Waals surface area contributed by atoms with E-state index in [0.29, 0.717) is 17.9 Å². The van der Waals surface area contributed by atoms with Gasteiger partial charge in [-0.3, -0.25) is 4.79 Å². The maximum absolute atomic E-state index is 13.1. The van der Waals surface area contributed by atoms with Crippen molar-refractivity contribution in [2.45, 2.75) is 32.7 Å². The molecule has 0 unspecified atom stereocenters. The van der Waals surface area contributed by atoms with E-state index in [0.717, 1.165) is 30.0 Å². The van der Waals surface area contributed by atoms with Gasteiger partial charge < -0.3 is 9.42 Å². The molecule has 0 aliphatic carbocycles. The van der Waals surface area contributed by atoms with Crippen molar-refractivity contribution in [1.82, 2.24) is 24.8 Å². The molecule has 7 nitrogen and oxygen atoms in total. The molecule has 1 aliphatic rings. The minimum Gasteiger partial charge on any atom is -0.361 e. The molecular formula is C18H19N5O2. The largest absolute Gasteiger partial charge is 0.361 e. The molecule has 128 valence electrons. The third-order valence-corrected chi connectivity index (χ3v) is 4.61. The van der Waals surface area contributed by atoms with E-state index in [9.17, 15) is 4.79 Å². The fraction of sp³-hybridized carbons (Fsp3) is 0.333. The molecule has 0 spiro atoms. The Kier molecular flexibility index (Phi) is 3.83. The van der Waals surface area contributed by atoms with Gasteiger partial charge in [0.15, 0.2) is 5.82 Å². The smallest absolute Gasteiger partial charge is 0.257 e. The van der Waals surface area contributed by atoms with Gasteiger partial charge >= 0.3 is 0 Å². The summed E-state index contributed by atoms with van der Waals surface area (Å²) in [4.78, 5) is 19.3. The number of hydrogen-bond donors (Lipinski definition) is 0. The number of pyridine rings is 1. The Bertz CT molecular complexity index is 899. The Labute approximate surface area is 145 Å². The summed E-state index contributed by atoms with van der Waals surface area (Å²) in [5, 5.41) is 8.45. The van der Waals surface area contributed by atoms with Gasteiger partial charge in [-0.2, -0.15) is 5.10 Å². The third kappa shape index (κ3) is 2.71. The number of likely N-dealkylation sites (tertiary alicyclic amines) is 1. The van der Waals surface area contributed by atoms with Crippen molar-refractivity contribution in [1.29, 1.82) is 0 Å². The minimum absolute atomic E-state index is 0.0252. The first-order valence-electron chi connectivity index (χ1n) is 8.35. The zero-order chi connectivity index (χ0) is 17.4. The summed E-state index contributed by atoms with van der Waals surface area (Å²) in [7, 11) is 0. The lowest BCUT2D eigenvalue weighted by molar-refractivity contribution is 0.0730. The second-order valence-electron chi connectivity index (χ2n) is 6.26. The van der Waals surface area contributed by atoms with Crippen molar-refractivity contribution >= 4 is 5.91 Å². The molecule has 1 aliphatic heterocycles. The standard InChI is InChI=1S/C18H19N5O2/c1-12-10-15(21-25-12)16-6-5-9-22(16)18(24)14-11-20-23(13(14)2)17-7-3-4-8-19-17/h3-4,7-8,10-11,16H,5-6,9H2,1-2H3/t16-/m0/s1. The lowest BCUT2D eigenvalue weighted by Crippen LogP contribution is -2.31. The molecule has 0 bridgehead atoms. The van der Waals surface area contributed by atoms with Gasteiger partial charge in [0, 0.05) is 18.8 Å². The van der Waals surface area contributed by atoms with Gasteiger partial charge in [0.2, 0.25) is 0 Å². The lowest BCUT2D eigenvalue weighted by atomic mass is 10.1. The predicted octanol–water partition coefficient (Wildman–Crippen LogP) is 2.85. The Balaban J connectivity index is 1.64. The van der Waals surface area contributed by atoms with Crippen molar-refractivity contribution in [3.63, 3.8) is 0 Å². The number of hydrogen-bond acceptors (Lipinski definition) is 5. The van der Waals surface area contributed by atoms with Gasteiger partial charge in [0.25, 0.3) is 5.91 Å². The molecule has 4 rings (SSSR count). The van der Waals surface area contributed by atoms with Crippen LogP contribution in [0.1, 0.15) is 46.4 Å². The first-order chi connectivity index (χ1) is 12.1. The monoisotopic (exact) mass is 337 g/mol. The predicted molar refractivity (Wildman–Crippen MR) is 90.3 cm³/mol. The lowest BCUT2D eigenvalue weighted by Gasteiger charge is -2.22. The van der Waals surface area contributed by atoms with E-state index in [1.165, 1.54) is 0 Å². The molecule has 0 saturated carbocycles. The molecule has 25 heavy (non-hydrogen) atoms. The Morgan fingerprint density at radius 2 is 2.20 bits per heavy atom. The number of aromatic nitrogens is 4. The van der Waals surface area contributed by atoms with E-state index in [1.54, 1.807) is 17.1 Å². The highest BCUT2D eigenvalue weighted by Gasteiger charge is 2.34. The molecule has 3 aromatic rings. The van der Waals surface area contributed by atoms with Crippen LogP contribution in [0.5, 0.6) is 0 Å². The third-order valence-electron chi connectivity index (χ3n) is 4.61. The van der Waals surface area contributed by atoms with E-state index >= 15 is 0 Å². The molecule has 1 atom stereocenters. The summed E-state index contributed by atoms with van der Waals surface area (Å²) < 4.78 is 6.88. The van der Waals surface area contributed by atoms with Crippen LogP contribution in [-0.4, -0.2) is 37.3 Å². The zero-order valence-electron chi connectivity index (χ0n) is 14.2. The quantitative estimate of drug-likeness (QED) is 0.734. The summed E-state index contributed by atoms with van der Waals surface area (Å²) >= 11 is 0. The SMILES string of the molecule is Cc1cc([C@@H]2CCCN2C(=O)c2cnn(-c3ccccn3)c2C)no1. The summed E-state index contributed by atoms with van der Waals surface area (Å²) in [6.45, 7) is 4.46. The first-order valence-corrected chi connectivity index (χ1v) is 8.35. The summed E-state index contributed by atoms with van der Waals surface area (Å²) in [6, 6.07) is 7.48. The number of amides is 1. The van der Waals surface area contributed by atoms with Crippen molar-refractivity contribution in [3.8, 4) is 5.82 Å². The van der Waals surface area contributed by atoms with Crippen LogP contribution in [-0.2, 0) is 0 Å².